The van der Waals surface area contributed by atoms with E-state index in [9.17, 15) is 4.79 Å². The molecular formula is C14H17NO. The molecule has 84 valence electrons. The maximum Gasteiger partial charge on any atom is 0.223 e. The smallest absolute Gasteiger partial charge is 0.223 e. The lowest BCUT2D eigenvalue weighted by Gasteiger charge is -2.21. The molecule has 0 spiro atoms. The van der Waals surface area contributed by atoms with Gasteiger partial charge in [0.15, 0.2) is 0 Å². The summed E-state index contributed by atoms with van der Waals surface area (Å²) in [7, 11) is 0. The first kappa shape index (κ1) is 9.88. The second-order valence-electron chi connectivity index (χ2n) is 5.01. The molecule has 0 saturated heterocycles. The Balaban J connectivity index is 2.19. The van der Waals surface area contributed by atoms with Gasteiger partial charge in [-0.3, -0.25) is 4.79 Å². The summed E-state index contributed by atoms with van der Waals surface area (Å²) in [5.74, 6) is 0.781. The van der Waals surface area contributed by atoms with E-state index in [2.05, 4.69) is 19.1 Å². The van der Waals surface area contributed by atoms with E-state index in [-0.39, 0.29) is 5.91 Å². The van der Waals surface area contributed by atoms with Gasteiger partial charge in [-0.1, -0.05) is 6.07 Å². The van der Waals surface area contributed by atoms with Crippen LogP contribution in [0.4, 0.5) is 5.69 Å². The molecule has 0 N–H and O–H groups in total. The van der Waals surface area contributed by atoms with Crippen LogP contribution in [-0.4, -0.2) is 12.5 Å². The summed E-state index contributed by atoms with van der Waals surface area (Å²) >= 11 is 0. The van der Waals surface area contributed by atoms with Crippen LogP contribution in [-0.2, 0) is 11.2 Å². The zero-order valence-corrected chi connectivity index (χ0v) is 9.92. The zero-order chi connectivity index (χ0) is 11.3. The average Bonchev–Trinajstić information content (AvgIpc) is 2.64. The fourth-order valence-corrected chi connectivity index (χ4v) is 3.25. The van der Waals surface area contributed by atoms with Gasteiger partial charge in [0.2, 0.25) is 5.91 Å². The first-order valence-corrected chi connectivity index (χ1v) is 6.09. The lowest BCUT2D eigenvalue weighted by Crippen LogP contribution is -2.26. The Morgan fingerprint density at radius 3 is 3.00 bits per heavy atom. The Morgan fingerprint density at radius 2 is 2.25 bits per heavy atom. The minimum Gasteiger partial charge on any atom is -0.312 e. The van der Waals surface area contributed by atoms with Crippen LogP contribution in [0.5, 0.6) is 0 Å². The highest BCUT2D eigenvalue weighted by Crippen LogP contribution is 2.45. The molecule has 2 aliphatic rings. The van der Waals surface area contributed by atoms with Crippen LogP contribution in [0.1, 0.15) is 42.4 Å². The van der Waals surface area contributed by atoms with E-state index in [1.807, 2.05) is 4.90 Å². The summed E-state index contributed by atoms with van der Waals surface area (Å²) in [6.07, 6.45) is 3.71. The molecular weight excluding hydrogens is 198 g/mol. The molecule has 1 aliphatic carbocycles. The number of hydrogen-bond acceptors (Lipinski definition) is 1. The molecule has 2 nitrogen and oxygen atoms in total. The molecule has 1 unspecified atom stereocenters. The molecule has 0 aromatic heterocycles. The highest BCUT2D eigenvalue weighted by Gasteiger charge is 2.34. The zero-order valence-electron chi connectivity index (χ0n) is 9.92. The topological polar surface area (TPSA) is 20.3 Å². The number of carbonyl (C=O) groups is 1. The van der Waals surface area contributed by atoms with Crippen molar-refractivity contribution in [2.24, 2.45) is 0 Å². The Hall–Kier alpha value is -1.31. The molecule has 3 rings (SSSR count). The molecule has 2 heteroatoms. The largest absolute Gasteiger partial charge is 0.312 e. The van der Waals surface area contributed by atoms with Crippen LogP contribution in [0.25, 0.3) is 0 Å². The lowest BCUT2D eigenvalue weighted by molar-refractivity contribution is -0.116. The molecule has 0 fully saturated rings. The predicted molar refractivity (Wildman–Crippen MR) is 64.9 cm³/mol. The van der Waals surface area contributed by atoms with Crippen molar-refractivity contribution in [3.8, 4) is 0 Å². The highest BCUT2D eigenvalue weighted by molar-refractivity contribution is 5.94. The van der Waals surface area contributed by atoms with E-state index >= 15 is 0 Å². The summed E-state index contributed by atoms with van der Waals surface area (Å²) in [6.45, 7) is 4.76. The maximum atomic E-state index is 11.6. The van der Waals surface area contributed by atoms with E-state index < -0.39 is 0 Å². The van der Waals surface area contributed by atoms with Gasteiger partial charge >= 0.3 is 0 Å². The average molecular weight is 215 g/mol. The van der Waals surface area contributed by atoms with E-state index in [1.54, 1.807) is 6.92 Å². The molecule has 1 amide bonds. The second-order valence-corrected chi connectivity index (χ2v) is 5.01. The van der Waals surface area contributed by atoms with E-state index in [1.165, 1.54) is 41.6 Å². The molecule has 16 heavy (non-hydrogen) atoms. The molecule has 1 heterocycles. The third-order valence-corrected chi connectivity index (χ3v) is 4.03. The minimum atomic E-state index is 0.181. The van der Waals surface area contributed by atoms with Crippen molar-refractivity contribution >= 4 is 11.6 Å². The van der Waals surface area contributed by atoms with E-state index in [0.717, 1.165) is 6.54 Å². The van der Waals surface area contributed by atoms with Gasteiger partial charge in [0, 0.05) is 25.1 Å². The highest BCUT2D eigenvalue weighted by atomic mass is 16.2. The number of aryl methyl sites for hydroxylation is 1. The normalized spacial score (nSPS) is 22.1. The standard InChI is InChI=1S/C14H17NO/c1-9-6-7-13-14-11(4-3-5-12(9)14)8-15(13)10(2)16/h6-7,11H,3-5,8H2,1-2H3. The van der Waals surface area contributed by atoms with Crippen molar-refractivity contribution < 1.29 is 4.79 Å². The molecule has 1 aromatic carbocycles. The first-order chi connectivity index (χ1) is 7.68. The minimum absolute atomic E-state index is 0.181. The summed E-state index contributed by atoms with van der Waals surface area (Å²) in [6, 6.07) is 4.29. The monoisotopic (exact) mass is 215 g/mol. The Bertz CT molecular complexity index is 464. The van der Waals surface area contributed by atoms with Crippen molar-refractivity contribution in [3.05, 3.63) is 28.8 Å². The van der Waals surface area contributed by atoms with Crippen molar-refractivity contribution in [1.29, 1.82) is 0 Å². The number of amides is 1. The number of hydrogen-bond donors (Lipinski definition) is 0. The van der Waals surface area contributed by atoms with Gasteiger partial charge in [-0.25, -0.2) is 0 Å². The fourth-order valence-electron chi connectivity index (χ4n) is 3.25. The van der Waals surface area contributed by atoms with Gasteiger partial charge in [-0.15, -0.1) is 0 Å². The van der Waals surface area contributed by atoms with Gasteiger partial charge in [0.1, 0.15) is 0 Å². The van der Waals surface area contributed by atoms with Crippen LogP contribution in [0.3, 0.4) is 0 Å². The Labute approximate surface area is 96.3 Å². The van der Waals surface area contributed by atoms with Crippen LogP contribution < -0.4 is 4.90 Å². The number of carbonyl (C=O) groups excluding carboxylic acids is 1. The molecule has 0 bridgehead atoms. The Kier molecular flexibility index (Phi) is 2.06. The predicted octanol–water partition coefficient (Wildman–Crippen LogP) is 2.78. The first-order valence-electron chi connectivity index (χ1n) is 6.09. The van der Waals surface area contributed by atoms with Gasteiger partial charge in [0.05, 0.1) is 0 Å². The third kappa shape index (κ3) is 1.22. The van der Waals surface area contributed by atoms with Gasteiger partial charge in [0.25, 0.3) is 0 Å². The van der Waals surface area contributed by atoms with Crippen LogP contribution in [0.15, 0.2) is 12.1 Å². The second kappa shape index (κ2) is 3.34. The molecule has 1 aliphatic heterocycles. The quantitative estimate of drug-likeness (QED) is 0.651. The maximum absolute atomic E-state index is 11.6. The van der Waals surface area contributed by atoms with Crippen molar-refractivity contribution in [2.45, 2.75) is 39.0 Å². The third-order valence-electron chi connectivity index (χ3n) is 4.03. The number of rotatable bonds is 0. The van der Waals surface area contributed by atoms with Gasteiger partial charge < -0.3 is 4.90 Å². The lowest BCUT2D eigenvalue weighted by atomic mass is 9.82. The summed E-state index contributed by atoms with van der Waals surface area (Å²) in [4.78, 5) is 13.6. The van der Waals surface area contributed by atoms with Gasteiger partial charge in [-0.05, 0) is 48.9 Å². The van der Waals surface area contributed by atoms with E-state index in [0.29, 0.717) is 5.92 Å². The molecule has 1 atom stereocenters. The van der Waals surface area contributed by atoms with Crippen molar-refractivity contribution in [3.63, 3.8) is 0 Å². The fraction of sp³-hybridized carbons (Fsp3) is 0.500. The number of anilines is 1. The summed E-state index contributed by atoms with van der Waals surface area (Å²) in [5.41, 5.74) is 5.56. The number of nitrogens with zero attached hydrogens (tertiary/aromatic N) is 1. The van der Waals surface area contributed by atoms with Crippen molar-refractivity contribution in [2.75, 3.05) is 11.4 Å². The van der Waals surface area contributed by atoms with Crippen LogP contribution in [0, 0.1) is 6.92 Å². The summed E-state index contributed by atoms with van der Waals surface area (Å²) in [5, 5.41) is 0. The molecule has 0 saturated carbocycles. The van der Waals surface area contributed by atoms with E-state index in [4.69, 9.17) is 0 Å². The van der Waals surface area contributed by atoms with Crippen molar-refractivity contribution in [1.82, 2.24) is 0 Å². The Morgan fingerprint density at radius 1 is 1.44 bits per heavy atom. The van der Waals surface area contributed by atoms with Gasteiger partial charge in [-0.2, -0.15) is 0 Å². The van der Waals surface area contributed by atoms with Crippen LogP contribution in [0.2, 0.25) is 0 Å². The molecule has 1 aromatic rings. The SMILES string of the molecule is CC(=O)N1CC2CCCc3c(C)ccc1c32. The molecule has 0 radical (unpaired) electrons. The number of benzene rings is 1. The van der Waals surface area contributed by atoms with Crippen LogP contribution >= 0.6 is 0 Å². The summed E-state index contributed by atoms with van der Waals surface area (Å²) < 4.78 is 0.